The zero-order valence-corrected chi connectivity index (χ0v) is 14.0. The van der Waals surface area contributed by atoms with Gasteiger partial charge in [0.05, 0.1) is 31.1 Å². The minimum absolute atomic E-state index is 0.430. The second-order valence-electron chi connectivity index (χ2n) is 6.02. The van der Waals surface area contributed by atoms with Gasteiger partial charge in [-0.05, 0) is 19.9 Å². The summed E-state index contributed by atoms with van der Waals surface area (Å²) < 4.78 is 5.34. The maximum absolute atomic E-state index is 10.6. The SMILES string of the molecule is CCNC(=NCc1ccn[nH]1)NCC(C)(O)CN1CCOCC1. The van der Waals surface area contributed by atoms with Crippen LogP contribution in [0.5, 0.6) is 0 Å². The fraction of sp³-hybridized carbons (Fsp3) is 0.733. The number of morpholine rings is 1. The Hall–Kier alpha value is -1.64. The Morgan fingerprint density at radius 1 is 1.48 bits per heavy atom. The zero-order chi connectivity index (χ0) is 16.5. The summed E-state index contributed by atoms with van der Waals surface area (Å²) in [6, 6.07) is 1.89. The van der Waals surface area contributed by atoms with Crippen molar-refractivity contribution < 1.29 is 9.84 Å². The average molecular weight is 324 g/mol. The summed E-state index contributed by atoms with van der Waals surface area (Å²) in [5, 5.41) is 23.8. The number of guanidine groups is 1. The highest BCUT2D eigenvalue weighted by atomic mass is 16.5. The van der Waals surface area contributed by atoms with Crippen molar-refractivity contribution in [2.75, 3.05) is 45.9 Å². The molecule has 8 heteroatoms. The van der Waals surface area contributed by atoms with Crippen LogP contribution in [-0.4, -0.2) is 77.7 Å². The van der Waals surface area contributed by atoms with Crippen molar-refractivity contribution in [2.45, 2.75) is 26.0 Å². The van der Waals surface area contributed by atoms with Gasteiger partial charge in [-0.25, -0.2) is 4.99 Å². The van der Waals surface area contributed by atoms with Crippen molar-refractivity contribution in [2.24, 2.45) is 4.99 Å². The van der Waals surface area contributed by atoms with Crippen LogP contribution in [0.25, 0.3) is 0 Å². The number of β-amino-alcohol motifs (C(OH)–C–C–N with tert-alkyl or cyclic N) is 1. The normalized spacial score (nSPS) is 19.3. The highest BCUT2D eigenvalue weighted by molar-refractivity contribution is 5.79. The minimum Gasteiger partial charge on any atom is -0.387 e. The number of nitrogens with zero attached hydrogens (tertiary/aromatic N) is 3. The predicted octanol–water partition coefficient (Wildman–Crippen LogP) is -0.452. The molecule has 0 aromatic carbocycles. The fourth-order valence-corrected chi connectivity index (χ4v) is 2.45. The molecule has 0 amide bonds. The molecule has 1 unspecified atom stereocenters. The molecule has 1 fully saturated rings. The Morgan fingerprint density at radius 2 is 2.26 bits per heavy atom. The molecule has 1 saturated heterocycles. The number of H-pyrrole nitrogens is 1. The van der Waals surface area contributed by atoms with E-state index >= 15 is 0 Å². The monoisotopic (exact) mass is 324 g/mol. The van der Waals surface area contributed by atoms with E-state index in [0.29, 0.717) is 25.6 Å². The number of aromatic nitrogens is 2. The first-order valence-corrected chi connectivity index (χ1v) is 8.12. The van der Waals surface area contributed by atoms with Crippen molar-refractivity contribution in [1.82, 2.24) is 25.7 Å². The van der Waals surface area contributed by atoms with Crippen molar-refractivity contribution in [1.29, 1.82) is 0 Å². The molecule has 0 aliphatic carbocycles. The van der Waals surface area contributed by atoms with Gasteiger partial charge in [-0.3, -0.25) is 10.00 Å². The van der Waals surface area contributed by atoms with Crippen molar-refractivity contribution in [3.05, 3.63) is 18.0 Å². The molecule has 4 N–H and O–H groups in total. The van der Waals surface area contributed by atoms with E-state index in [1.54, 1.807) is 6.20 Å². The third kappa shape index (κ3) is 6.55. The molecule has 1 atom stereocenters. The van der Waals surface area contributed by atoms with E-state index in [-0.39, 0.29) is 0 Å². The Labute approximate surface area is 137 Å². The summed E-state index contributed by atoms with van der Waals surface area (Å²) in [7, 11) is 0. The van der Waals surface area contributed by atoms with Gasteiger partial charge in [0.1, 0.15) is 0 Å². The van der Waals surface area contributed by atoms with Crippen LogP contribution in [0.1, 0.15) is 19.5 Å². The van der Waals surface area contributed by atoms with Gasteiger partial charge in [0.15, 0.2) is 5.96 Å². The molecule has 0 bridgehead atoms. The third-order valence-corrected chi connectivity index (χ3v) is 3.61. The molecule has 1 aromatic heterocycles. The largest absolute Gasteiger partial charge is 0.387 e. The van der Waals surface area contributed by atoms with Gasteiger partial charge in [-0.2, -0.15) is 5.10 Å². The second kappa shape index (κ2) is 8.85. The lowest BCUT2D eigenvalue weighted by molar-refractivity contribution is -0.0201. The van der Waals surface area contributed by atoms with Crippen molar-refractivity contribution >= 4 is 5.96 Å². The number of ether oxygens (including phenoxy) is 1. The summed E-state index contributed by atoms with van der Waals surface area (Å²) >= 11 is 0. The minimum atomic E-state index is -0.832. The van der Waals surface area contributed by atoms with E-state index < -0.39 is 5.60 Å². The third-order valence-electron chi connectivity index (χ3n) is 3.61. The van der Waals surface area contributed by atoms with Crippen LogP contribution in [-0.2, 0) is 11.3 Å². The number of hydrogen-bond acceptors (Lipinski definition) is 5. The molecular formula is C15H28N6O2. The summed E-state index contributed by atoms with van der Waals surface area (Å²) in [6.45, 7) is 9.38. The summed E-state index contributed by atoms with van der Waals surface area (Å²) in [5.41, 5.74) is 0.115. The first kappa shape index (κ1) is 17.7. The van der Waals surface area contributed by atoms with Crippen LogP contribution in [0, 0.1) is 0 Å². The molecular weight excluding hydrogens is 296 g/mol. The maximum atomic E-state index is 10.6. The Kier molecular flexibility index (Phi) is 6.82. The van der Waals surface area contributed by atoms with Gasteiger partial charge >= 0.3 is 0 Å². The van der Waals surface area contributed by atoms with Crippen LogP contribution in [0.15, 0.2) is 17.3 Å². The van der Waals surface area contributed by atoms with Gasteiger partial charge in [0.2, 0.25) is 0 Å². The molecule has 8 nitrogen and oxygen atoms in total. The van der Waals surface area contributed by atoms with Crippen molar-refractivity contribution in [3.8, 4) is 0 Å². The summed E-state index contributed by atoms with van der Waals surface area (Å²) in [4.78, 5) is 6.71. The maximum Gasteiger partial charge on any atom is 0.191 e. The molecule has 0 spiro atoms. The molecule has 23 heavy (non-hydrogen) atoms. The molecule has 0 saturated carbocycles. The second-order valence-corrected chi connectivity index (χ2v) is 6.02. The lowest BCUT2D eigenvalue weighted by Crippen LogP contribution is -2.52. The van der Waals surface area contributed by atoms with E-state index in [9.17, 15) is 5.11 Å². The lowest BCUT2D eigenvalue weighted by atomic mass is 10.1. The fourth-order valence-electron chi connectivity index (χ4n) is 2.45. The number of aliphatic imine (C=N–C) groups is 1. The van der Waals surface area contributed by atoms with E-state index in [1.165, 1.54) is 0 Å². The van der Waals surface area contributed by atoms with Crippen LogP contribution in [0.4, 0.5) is 0 Å². The Bertz CT molecular complexity index is 468. The van der Waals surface area contributed by atoms with Crippen LogP contribution < -0.4 is 10.6 Å². The summed E-state index contributed by atoms with van der Waals surface area (Å²) in [5.74, 6) is 0.685. The summed E-state index contributed by atoms with van der Waals surface area (Å²) in [6.07, 6.45) is 1.71. The van der Waals surface area contributed by atoms with E-state index in [2.05, 4.69) is 30.7 Å². The van der Waals surface area contributed by atoms with Gasteiger partial charge in [-0.15, -0.1) is 0 Å². The van der Waals surface area contributed by atoms with Crippen LogP contribution >= 0.6 is 0 Å². The van der Waals surface area contributed by atoms with E-state index in [4.69, 9.17) is 4.74 Å². The van der Waals surface area contributed by atoms with Crippen LogP contribution in [0.3, 0.4) is 0 Å². The van der Waals surface area contributed by atoms with Gasteiger partial charge in [-0.1, -0.05) is 0 Å². The first-order valence-electron chi connectivity index (χ1n) is 8.12. The zero-order valence-electron chi connectivity index (χ0n) is 14.0. The molecule has 0 radical (unpaired) electrons. The molecule has 1 aliphatic rings. The Balaban J connectivity index is 1.82. The van der Waals surface area contributed by atoms with E-state index in [1.807, 2.05) is 19.9 Å². The molecule has 2 rings (SSSR count). The molecule has 1 aromatic rings. The predicted molar refractivity (Wildman–Crippen MR) is 89.3 cm³/mol. The first-order chi connectivity index (χ1) is 11.1. The quantitative estimate of drug-likeness (QED) is 0.401. The number of rotatable bonds is 7. The molecule has 1 aliphatic heterocycles. The lowest BCUT2D eigenvalue weighted by Gasteiger charge is -2.34. The highest BCUT2D eigenvalue weighted by Crippen LogP contribution is 2.07. The van der Waals surface area contributed by atoms with Crippen LogP contribution in [0.2, 0.25) is 0 Å². The Morgan fingerprint density at radius 3 is 2.91 bits per heavy atom. The number of aromatic amines is 1. The van der Waals surface area contributed by atoms with Gasteiger partial charge in [0, 0.05) is 38.9 Å². The molecule has 130 valence electrons. The van der Waals surface area contributed by atoms with Crippen molar-refractivity contribution in [3.63, 3.8) is 0 Å². The smallest absolute Gasteiger partial charge is 0.191 e. The number of nitrogens with one attached hydrogen (secondary N) is 3. The van der Waals surface area contributed by atoms with Gasteiger partial charge < -0.3 is 20.5 Å². The van der Waals surface area contributed by atoms with E-state index in [0.717, 1.165) is 38.5 Å². The van der Waals surface area contributed by atoms with Gasteiger partial charge in [0.25, 0.3) is 0 Å². The number of aliphatic hydroxyl groups is 1. The average Bonchev–Trinajstić information content (AvgIpc) is 3.04. The highest BCUT2D eigenvalue weighted by Gasteiger charge is 2.25. The topological polar surface area (TPSA) is 97.8 Å². The number of hydrogen-bond donors (Lipinski definition) is 4. The standard InChI is InChI=1S/C15H28N6O2/c1-3-16-14(17-10-13-4-5-19-20-13)18-11-15(2,22)12-21-6-8-23-9-7-21/h4-5,22H,3,6-12H2,1-2H3,(H,19,20)(H2,16,17,18). The molecule has 2 heterocycles.